The zero-order valence-corrected chi connectivity index (χ0v) is 19.0. The number of thiophene rings is 1. The van der Waals surface area contributed by atoms with Crippen LogP contribution in [-0.2, 0) is 6.54 Å². The monoisotopic (exact) mass is 489 g/mol. The predicted octanol–water partition coefficient (Wildman–Crippen LogP) is 3.49. The highest BCUT2D eigenvalue weighted by Gasteiger charge is 2.27. The molecule has 0 spiro atoms. The lowest BCUT2D eigenvalue weighted by Gasteiger charge is -2.34. The van der Waals surface area contributed by atoms with Crippen molar-refractivity contribution in [2.24, 2.45) is 0 Å². The van der Waals surface area contributed by atoms with Gasteiger partial charge in [0.25, 0.3) is 17.2 Å². The number of fused-ring (bicyclic) bond motifs is 2. The Morgan fingerprint density at radius 1 is 1.22 bits per heavy atom. The summed E-state index contributed by atoms with van der Waals surface area (Å²) in [5, 5.41) is 13.8. The maximum atomic E-state index is 13.1. The number of rotatable bonds is 4. The van der Waals surface area contributed by atoms with Crippen LogP contribution in [0.3, 0.4) is 0 Å². The van der Waals surface area contributed by atoms with Crippen LogP contribution < -0.4 is 5.56 Å². The number of carbonyl (C=O) groups excluding carboxylic acids is 1. The summed E-state index contributed by atoms with van der Waals surface area (Å²) in [6, 6.07) is 5.97. The van der Waals surface area contributed by atoms with Crippen LogP contribution in [0.25, 0.3) is 15.0 Å². The molecule has 1 saturated heterocycles. The van der Waals surface area contributed by atoms with Gasteiger partial charge in [-0.1, -0.05) is 11.6 Å². The molecule has 32 heavy (non-hydrogen) atoms. The summed E-state index contributed by atoms with van der Waals surface area (Å²) in [7, 11) is 0. The lowest BCUT2D eigenvalue weighted by molar-refractivity contribution is -0.384. The Kier molecular flexibility index (Phi) is 5.41. The number of aromatic nitrogens is 2. The van der Waals surface area contributed by atoms with E-state index in [1.54, 1.807) is 23.2 Å². The summed E-state index contributed by atoms with van der Waals surface area (Å²) in [5.41, 5.74) is 0.586. The average Bonchev–Trinajstić information content (AvgIpc) is 3.38. The summed E-state index contributed by atoms with van der Waals surface area (Å²) in [5.74, 6) is -0.171. The third-order valence-corrected chi connectivity index (χ3v) is 7.82. The molecule has 1 fully saturated rings. The molecule has 0 bridgehead atoms. The molecular formula is C20H16ClN5O4S2. The average molecular weight is 490 g/mol. The van der Waals surface area contributed by atoms with Crippen LogP contribution >= 0.6 is 34.3 Å². The smallest absolute Gasteiger partial charge is 0.270 e. The van der Waals surface area contributed by atoms with Gasteiger partial charge in [0.15, 0.2) is 4.96 Å². The summed E-state index contributed by atoms with van der Waals surface area (Å²) in [6.45, 7) is 2.86. The van der Waals surface area contributed by atoms with Crippen LogP contribution in [0.15, 0.2) is 40.6 Å². The molecule has 12 heteroatoms. The zero-order chi connectivity index (χ0) is 22.4. The van der Waals surface area contributed by atoms with Crippen molar-refractivity contribution < 1.29 is 9.72 Å². The standard InChI is InChI=1S/C20H16ClN5O4S2/c21-17-14-2-1-13(26(29)30)10-15(14)32-18(17)19(28)24-5-3-23(4-6-24)11-12-9-16(27)25-7-8-31-20(25)22-12/h1-2,7-10H,3-6,11H2. The van der Waals surface area contributed by atoms with Crippen molar-refractivity contribution in [3.8, 4) is 0 Å². The predicted molar refractivity (Wildman–Crippen MR) is 124 cm³/mol. The molecule has 0 atom stereocenters. The van der Waals surface area contributed by atoms with Gasteiger partial charge in [0.2, 0.25) is 0 Å². The number of hydrogen-bond donors (Lipinski definition) is 0. The first-order chi connectivity index (χ1) is 15.4. The van der Waals surface area contributed by atoms with E-state index in [1.165, 1.54) is 39.2 Å². The van der Waals surface area contributed by atoms with Gasteiger partial charge in [0, 0.05) is 72.6 Å². The number of nitro benzene ring substituents is 1. The fraction of sp³-hybridized carbons (Fsp3) is 0.250. The molecule has 5 rings (SSSR count). The van der Waals surface area contributed by atoms with Crippen molar-refractivity contribution in [3.05, 3.63) is 71.9 Å². The molecule has 164 valence electrons. The van der Waals surface area contributed by atoms with E-state index in [1.807, 2.05) is 5.38 Å². The number of amides is 1. The number of halogens is 1. The largest absolute Gasteiger partial charge is 0.335 e. The molecule has 9 nitrogen and oxygen atoms in total. The molecule has 1 amide bonds. The molecule has 0 unspecified atom stereocenters. The zero-order valence-electron chi connectivity index (χ0n) is 16.6. The number of piperazine rings is 1. The Balaban J connectivity index is 1.28. The highest BCUT2D eigenvalue weighted by Crippen LogP contribution is 2.38. The second-order valence-electron chi connectivity index (χ2n) is 7.39. The second kappa shape index (κ2) is 8.24. The lowest BCUT2D eigenvalue weighted by atomic mass is 10.2. The Labute approximate surface area is 194 Å². The van der Waals surface area contributed by atoms with Crippen molar-refractivity contribution in [2.75, 3.05) is 26.2 Å². The van der Waals surface area contributed by atoms with Gasteiger partial charge in [-0.3, -0.25) is 29.0 Å². The number of hydrogen-bond acceptors (Lipinski definition) is 8. The normalized spacial score (nSPS) is 15.0. The van der Waals surface area contributed by atoms with Crippen molar-refractivity contribution in [1.82, 2.24) is 19.2 Å². The molecule has 0 radical (unpaired) electrons. The molecule has 0 aliphatic carbocycles. The van der Waals surface area contributed by atoms with Crippen molar-refractivity contribution in [2.45, 2.75) is 6.54 Å². The van der Waals surface area contributed by atoms with E-state index in [0.717, 1.165) is 0 Å². The van der Waals surface area contributed by atoms with Crippen LogP contribution in [0.2, 0.25) is 5.02 Å². The third-order valence-electron chi connectivity index (χ3n) is 5.42. The number of thiazole rings is 1. The topological polar surface area (TPSA) is 101 Å². The van der Waals surface area contributed by atoms with Crippen LogP contribution in [0, 0.1) is 10.1 Å². The maximum absolute atomic E-state index is 13.1. The van der Waals surface area contributed by atoms with Gasteiger partial charge in [0.05, 0.1) is 15.6 Å². The molecule has 3 aromatic heterocycles. The number of nitro groups is 1. The lowest BCUT2D eigenvalue weighted by Crippen LogP contribution is -2.48. The van der Waals surface area contributed by atoms with Crippen LogP contribution in [0.4, 0.5) is 5.69 Å². The summed E-state index contributed by atoms with van der Waals surface area (Å²) in [4.78, 5) is 45.3. The van der Waals surface area contributed by atoms with E-state index in [0.29, 0.717) is 63.4 Å². The van der Waals surface area contributed by atoms with Gasteiger partial charge in [-0.15, -0.1) is 22.7 Å². The molecule has 0 saturated carbocycles. The quantitative estimate of drug-likeness (QED) is 0.321. The first-order valence-corrected chi connectivity index (χ1v) is 11.8. The minimum absolute atomic E-state index is 0.0305. The van der Waals surface area contributed by atoms with E-state index in [2.05, 4.69) is 9.88 Å². The molecule has 1 aliphatic rings. The highest BCUT2D eigenvalue weighted by atomic mass is 35.5. The van der Waals surface area contributed by atoms with Crippen molar-refractivity contribution in [3.63, 3.8) is 0 Å². The summed E-state index contributed by atoms with van der Waals surface area (Å²) < 4.78 is 2.14. The maximum Gasteiger partial charge on any atom is 0.270 e. The second-order valence-corrected chi connectivity index (χ2v) is 9.70. The fourth-order valence-corrected chi connectivity index (χ4v) is 6.01. The van der Waals surface area contributed by atoms with Crippen LogP contribution in [0.5, 0.6) is 0 Å². The molecule has 1 aromatic carbocycles. The van der Waals surface area contributed by atoms with Gasteiger partial charge >= 0.3 is 0 Å². The number of benzene rings is 1. The van der Waals surface area contributed by atoms with E-state index in [4.69, 9.17) is 11.6 Å². The van der Waals surface area contributed by atoms with Crippen LogP contribution in [-0.4, -0.2) is 56.2 Å². The van der Waals surface area contributed by atoms with Gasteiger partial charge in [-0.05, 0) is 6.07 Å². The Hall–Kier alpha value is -2.86. The molecule has 4 aromatic rings. The molecule has 1 aliphatic heterocycles. The highest BCUT2D eigenvalue weighted by molar-refractivity contribution is 7.21. The Bertz CT molecular complexity index is 1420. The van der Waals surface area contributed by atoms with Crippen molar-refractivity contribution in [1.29, 1.82) is 0 Å². The van der Waals surface area contributed by atoms with E-state index >= 15 is 0 Å². The van der Waals surface area contributed by atoms with E-state index in [9.17, 15) is 19.7 Å². The third kappa shape index (κ3) is 3.77. The van der Waals surface area contributed by atoms with Crippen molar-refractivity contribution >= 4 is 60.9 Å². The summed E-state index contributed by atoms with van der Waals surface area (Å²) in [6.07, 6.45) is 1.71. The first-order valence-electron chi connectivity index (χ1n) is 9.74. The Morgan fingerprint density at radius 2 is 2.00 bits per heavy atom. The van der Waals surface area contributed by atoms with Gasteiger partial charge in [-0.25, -0.2) is 4.98 Å². The number of carbonyl (C=O) groups is 1. The fourth-order valence-electron chi connectivity index (χ4n) is 3.76. The van der Waals surface area contributed by atoms with Crippen LogP contribution in [0.1, 0.15) is 15.4 Å². The molecule has 0 N–H and O–H groups in total. The summed E-state index contributed by atoms with van der Waals surface area (Å²) >= 11 is 9.03. The SMILES string of the molecule is O=C(c1sc2cc([N+](=O)[O-])ccc2c1Cl)N1CCN(Cc2cc(=O)n3ccsc3n2)CC1. The molecular weight excluding hydrogens is 474 g/mol. The van der Waals surface area contributed by atoms with E-state index in [-0.39, 0.29) is 17.2 Å². The Morgan fingerprint density at radius 3 is 2.75 bits per heavy atom. The van der Waals surface area contributed by atoms with Gasteiger partial charge < -0.3 is 4.90 Å². The van der Waals surface area contributed by atoms with Gasteiger partial charge in [0.1, 0.15) is 4.88 Å². The number of non-ortho nitro benzene ring substituents is 1. The van der Waals surface area contributed by atoms with E-state index < -0.39 is 4.92 Å². The number of nitrogens with zero attached hydrogens (tertiary/aromatic N) is 5. The minimum atomic E-state index is -0.465. The first kappa shape index (κ1) is 21.0. The molecule has 4 heterocycles. The van der Waals surface area contributed by atoms with Gasteiger partial charge in [-0.2, -0.15) is 0 Å². The minimum Gasteiger partial charge on any atom is -0.335 e.